The minimum Gasteiger partial charge on any atom is -0.493 e. The van der Waals surface area contributed by atoms with Gasteiger partial charge in [-0.25, -0.2) is 0 Å². The second-order valence-electron chi connectivity index (χ2n) is 6.76. The van der Waals surface area contributed by atoms with E-state index in [0.29, 0.717) is 6.42 Å². The van der Waals surface area contributed by atoms with Crippen LogP contribution in [0.4, 0.5) is 0 Å². The van der Waals surface area contributed by atoms with Crippen LogP contribution in [0.25, 0.3) is 0 Å². The topological polar surface area (TPSA) is 29.5 Å². The van der Waals surface area contributed by atoms with E-state index in [4.69, 9.17) is 16.3 Å². The van der Waals surface area contributed by atoms with E-state index in [1.807, 2.05) is 12.1 Å². The fourth-order valence-corrected chi connectivity index (χ4v) is 4.14. The first-order valence-electron chi connectivity index (χ1n) is 8.26. The number of halogens is 1. The highest BCUT2D eigenvalue weighted by Crippen LogP contribution is 2.39. The minimum absolute atomic E-state index is 0.589. The Morgan fingerprint density at radius 3 is 3.00 bits per heavy atom. The smallest absolute Gasteiger partial charge is 0.126 e. The molecule has 1 aromatic rings. The number of hydrogen-bond acceptors (Lipinski definition) is 2. The van der Waals surface area contributed by atoms with E-state index in [1.54, 1.807) is 0 Å². The molecule has 3 rings (SSSR count). The van der Waals surface area contributed by atoms with Crippen molar-refractivity contribution in [3.8, 4) is 5.75 Å². The Morgan fingerprint density at radius 2 is 2.19 bits per heavy atom. The van der Waals surface area contributed by atoms with Crippen LogP contribution in [-0.4, -0.2) is 17.3 Å². The summed E-state index contributed by atoms with van der Waals surface area (Å²) in [5.41, 5.74) is 1.70. The second-order valence-corrected chi connectivity index (χ2v) is 7.19. The number of fused-ring (bicyclic) bond motifs is 1. The monoisotopic (exact) mass is 308 g/mol. The second kappa shape index (κ2) is 6.18. The molecule has 1 aliphatic carbocycles. The summed E-state index contributed by atoms with van der Waals surface area (Å²) in [4.78, 5) is 0. The van der Waals surface area contributed by atoms with Gasteiger partial charge in [0.2, 0.25) is 0 Å². The largest absolute Gasteiger partial charge is 0.493 e. The van der Waals surface area contributed by atoms with Crippen molar-refractivity contribution in [2.24, 2.45) is 5.92 Å². The molecular formula is C18H25ClO2. The van der Waals surface area contributed by atoms with Crippen molar-refractivity contribution < 1.29 is 9.84 Å². The summed E-state index contributed by atoms with van der Waals surface area (Å²) in [6.45, 7) is 2.99. The number of benzene rings is 1. The first-order chi connectivity index (χ1) is 10.1. The van der Waals surface area contributed by atoms with Crippen molar-refractivity contribution in [3.05, 3.63) is 28.3 Å². The Morgan fingerprint density at radius 1 is 1.33 bits per heavy atom. The Bertz CT molecular complexity index is 514. The fourth-order valence-electron chi connectivity index (χ4n) is 3.88. The SMILES string of the molecule is CCC1CCCC(O)(Cc2cc(Cl)cc3c2OCC3)CC1. The molecule has 2 unspecified atom stereocenters. The van der Waals surface area contributed by atoms with Gasteiger partial charge in [-0.3, -0.25) is 0 Å². The molecule has 21 heavy (non-hydrogen) atoms. The summed E-state index contributed by atoms with van der Waals surface area (Å²) >= 11 is 6.23. The molecule has 2 nitrogen and oxygen atoms in total. The highest BCUT2D eigenvalue weighted by Gasteiger charge is 2.32. The van der Waals surface area contributed by atoms with Gasteiger partial charge in [-0.1, -0.05) is 37.8 Å². The lowest BCUT2D eigenvalue weighted by Crippen LogP contribution is -2.31. The van der Waals surface area contributed by atoms with Crippen molar-refractivity contribution in [2.45, 2.75) is 63.9 Å². The van der Waals surface area contributed by atoms with Crippen molar-refractivity contribution in [1.29, 1.82) is 0 Å². The van der Waals surface area contributed by atoms with E-state index < -0.39 is 5.60 Å². The van der Waals surface area contributed by atoms with Gasteiger partial charge in [0, 0.05) is 17.9 Å². The molecule has 0 amide bonds. The standard InChI is InChI=1S/C18H25ClO2/c1-2-13-4-3-7-18(20,8-5-13)12-15-11-16(19)10-14-6-9-21-17(14)15/h10-11,13,20H,2-9,12H2,1H3. The number of aliphatic hydroxyl groups is 1. The lowest BCUT2D eigenvalue weighted by molar-refractivity contribution is 0.0236. The molecule has 1 fully saturated rings. The van der Waals surface area contributed by atoms with Crippen LogP contribution in [0.5, 0.6) is 5.75 Å². The average molecular weight is 309 g/mol. The normalized spacial score (nSPS) is 28.8. The number of rotatable bonds is 3. The molecule has 0 radical (unpaired) electrons. The molecule has 2 aliphatic rings. The predicted octanol–water partition coefficient (Wildman–Crippen LogP) is 4.54. The fraction of sp³-hybridized carbons (Fsp3) is 0.667. The van der Waals surface area contributed by atoms with E-state index in [2.05, 4.69) is 6.92 Å². The molecule has 0 spiro atoms. The van der Waals surface area contributed by atoms with Crippen molar-refractivity contribution in [2.75, 3.05) is 6.61 Å². The van der Waals surface area contributed by atoms with Gasteiger partial charge in [-0.2, -0.15) is 0 Å². The van der Waals surface area contributed by atoms with Crippen molar-refractivity contribution in [1.82, 2.24) is 0 Å². The summed E-state index contributed by atoms with van der Waals surface area (Å²) in [5.74, 6) is 1.75. The summed E-state index contributed by atoms with van der Waals surface area (Å²) in [6.07, 6.45) is 8.13. The van der Waals surface area contributed by atoms with Gasteiger partial charge in [-0.15, -0.1) is 0 Å². The van der Waals surface area contributed by atoms with Crippen LogP contribution >= 0.6 is 11.6 Å². The third kappa shape index (κ3) is 3.37. The zero-order valence-corrected chi connectivity index (χ0v) is 13.6. The highest BCUT2D eigenvalue weighted by molar-refractivity contribution is 6.30. The van der Waals surface area contributed by atoms with Crippen LogP contribution in [-0.2, 0) is 12.8 Å². The Balaban J connectivity index is 1.80. The average Bonchev–Trinajstić information content (AvgIpc) is 2.82. The first-order valence-corrected chi connectivity index (χ1v) is 8.64. The molecule has 116 valence electrons. The molecule has 3 heteroatoms. The van der Waals surface area contributed by atoms with Gasteiger partial charge in [0.25, 0.3) is 0 Å². The van der Waals surface area contributed by atoms with Gasteiger partial charge in [0.1, 0.15) is 5.75 Å². The molecule has 1 aromatic carbocycles. The predicted molar refractivity (Wildman–Crippen MR) is 86.2 cm³/mol. The van der Waals surface area contributed by atoms with Crippen molar-refractivity contribution in [3.63, 3.8) is 0 Å². The van der Waals surface area contributed by atoms with Crippen molar-refractivity contribution >= 4 is 11.6 Å². The molecule has 0 bridgehead atoms. The molecule has 1 N–H and O–H groups in total. The van der Waals surface area contributed by atoms with Crippen LogP contribution in [0.3, 0.4) is 0 Å². The van der Waals surface area contributed by atoms with Gasteiger partial charge < -0.3 is 9.84 Å². The lowest BCUT2D eigenvalue weighted by atomic mass is 9.86. The number of hydrogen-bond donors (Lipinski definition) is 1. The molecule has 1 aliphatic heterocycles. The van der Waals surface area contributed by atoms with E-state index in [0.717, 1.165) is 61.0 Å². The van der Waals surface area contributed by atoms with Gasteiger partial charge in [-0.05, 0) is 48.4 Å². The zero-order valence-electron chi connectivity index (χ0n) is 12.8. The van der Waals surface area contributed by atoms with Crippen LogP contribution in [0, 0.1) is 5.92 Å². The van der Waals surface area contributed by atoms with E-state index in [-0.39, 0.29) is 0 Å². The van der Waals surface area contributed by atoms with Crippen LogP contribution < -0.4 is 4.74 Å². The van der Waals surface area contributed by atoms with E-state index in [1.165, 1.54) is 18.4 Å². The minimum atomic E-state index is -0.589. The summed E-state index contributed by atoms with van der Waals surface area (Å²) in [7, 11) is 0. The Kier molecular flexibility index (Phi) is 4.46. The van der Waals surface area contributed by atoms with Gasteiger partial charge >= 0.3 is 0 Å². The number of ether oxygens (including phenoxy) is 1. The third-order valence-corrected chi connectivity index (χ3v) is 5.41. The quantitative estimate of drug-likeness (QED) is 0.831. The molecule has 2 atom stereocenters. The highest BCUT2D eigenvalue weighted by atomic mass is 35.5. The first kappa shape index (κ1) is 15.2. The third-order valence-electron chi connectivity index (χ3n) is 5.19. The maximum absolute atomic E-state index is 11.0. The van der Waals surface area contributed by atoms with Crippen LogP contribution in [0.2, 0.25) is 5.02 Å². The summed E-state index contributed by atoms with van der Waals surface area (Å²) in [5, 5.41) is 11.8. The van der Waals surface area contributed by atoms with Crippen LogP contribution in [0.15, 0.2) is 12.1 Å². The Hall–Kier alpha value is -0.730. The summed E-state index contributed by atoms with van der Waals surface area (Å²) in [6, 6.07) is 3.98. The summed E-state index contributed by atoms with van der Waals surface area (Å²) < 4.78 is 5.77. The van der Waals surface area contributed by atoms with Crippen LogP contribution in [0.1, 0.15) is 56.6 Å². The van der Waals surface area contributed by atoms with E-state index >= 15 is 0 Å². The lowest BCUT2D eigenvalue weighted by Gasteiger charge is -2.27. The maximum atomic E-state index is 11.0. The van der Waals surface area contributed by atoms with Gasteiger partial charge in [0.15, 0.2) is 0 Å². The molecule has 0 aromatic heterocycles. The Labute approximate surface area is 132 Å². The molecular weight excluding hydrogens is 284 g/mol. The van der Waals surface area contributed by atoms with E-state index in [9.17, 15) is 5.11 Å². The molecule has 0 saturated heterocycles. The zero-order chi connectivity index (χ0) is 14.9. The van der Waals surface area contributed by atoms with Gasteiger partial charge in [0.05, 0.1) is 12.2 Å². The molecule has 1 heterocycles. The molecule has 1 saturated carbocycles. The maximum Gasteiger partial charge on any atom is 0.126 e.